The number of oxime groups is 1. The van der Waals surface area contributed by atoms with Crippen molar-refractivity contribution in [3.05, 3.63) is 24.3 Å². The molecule has 0 aromatic heterocycles. The monoisotopic (exact) mass is 285 g/mol. The molecule has 1 saturated carbocycles. The maximum atomic E-state index is 12.0. The van der Waals surface area contributed by atoms with Crippen molar-refractivity contribution in [3.8, 4) is 5.75 Å². The zero-order valence-corrected chi connectivity index (χ0v) is 10.9. The van der Waals surface area contributed by atoms with Gasteiger partial charge in [-0.05, 0) is 42.5 Å². The summed E-state index contributed by atoms with van der Waals surface area (Å²) < 4.78 is 28.3. The molecule has 0 bridgehead atoms. The van der Waals surface area contributed by atoms with Crippen molar-refractivity contribution in [1.29, 1.82) is 0 Å². The van der Waals surface area contributed by atoms with Crippen LogP contribution in [0.3, 0.4) is 0 Å². The van der Waals surface area contributed by atoms with Crippen LogP contribution in [0.1, 0.15) is 19.3 Å². The fraction of sp³-hybridized carbons (Fsp3) is 0.462. The van der Waals surface area contributed by atoms with Crippen molar-refractivity contribution in [2.24, 2.45) is 16.3 Å². The average molecular weight is 285 g/mol. The van der Waals surface area contributed by atoms with E-state index in [9.17, 15) is 8.78 Å². The third kappa shape index (κ3) is 3.97. The normalized spacial score (nSPS) is 17.1. The Labute approximate surface area is 115 Å². The molecule has 0 aliphatic heterocycles. The second kappa shape index (κ2) is 5.94. The Bertz CT molecular complexity index is 473. The van der Waals surface area contributed by atoms with Gasteiger partial charge in [-0.2, -0.15) is 8.78 Å². The summed E-state index contributed by atoms with van der Waals surface area (Å²) in [6.45, 7) is -2.12. The Hall–Kier alpha value is -2.05. The zero-order chi connectivity index (χ0) is 14.6. The Morgan fingerprint density at radius 2 is 2.05 bits per heavy atom. The molecule has 1 aliphatic carbocycles. The molecule has 2 rings (SSSR count). The van der Waals surface area contributed by atoms with Gasteiger partial charge < -0.3 is 21.0 Å². The minimum atomic E-state index is -2.82. The van der Waals surface area contributed by atoms with E-state index in [1.807, 2.05) is 0 Å². The molecule has 4 N–H and O–H groups in total. The third-order valence-corrected chi connectivity index (χ3v) is 3.39. The number of benzene rings is 1. The van der Waals surface area contributed by atoms with E-state index in [1.54, 1.807) is 12.1 Å². The molecule has 7 heteroatoms. The van der Waals surface area contributed by atoms with Crippen LogP contribution >= 0.6 is 0 Å². The number of hydrogen-bond donors (Lipinski definition) is 3. The van der Waals surface area contributed by atoms with E-state index in [4.69, 9.17) is 10.9 Å². The van der Waals surface area contributed by atoms with E-state index < -0.39 is 6.61 Å². The van der Waals surface area contributed by atoms with Crippen LogP contribution in [0.25, 0.3) is 0 Å². The molecular formula is C13H17F2N3O2. The van der Waals surface area contributed by atoms with E-state index in [0.29, 0.717) is 13.0 Å². The molecule has 1 fully saturated rings. The van der Waals surface area contributed by atoms with E-state index in [0.717, 1.165) is 18.5 Å². The number of halogens is 2. The first kappa shape index (κ1) is 14.4. The van der Waals surface area contributed by atoms with Crippen LogP contribution in [0, 0.1) is 5.41 Å². The molecular weight excluding hydrogens is 268 g/mol. The van der Waals surface area contributed by atoms with E-state index in [1.165, 1.54) is 12.1 Å². The molecule has 1 aliphatic rings. The van der Waals surface area contributed by atoms with Crippen molar-refractivity contribution < 1.29 is 18.7 Å². The summed E-state index contributed by atoms with van der Waals surface area (Å²) >= 11 is 0. The molecule has 1 aromatic carbocycles. The number of nitrogens with two attached hydrogens (primary N) is 1. The van der Waals surface area contributed by atoms with Gasteiger partial charge in [0.15, 0.2) is 0 Å². The number of nitrogens with one attached hydrogen (secondary N) is 1. The lowest BCUT2D eigenvalue weighted by Crippen LogP contribution is -2.23. The highest BCUT2D eigenvalue weighted by Gasteiger charge is 2.43. The first-order valence-electron chi connectivity index (χ1n) is 6.28. The van der Waals surface area contributed by atoms with Crippen LogP contribution < -0.4 is 15.8 Å². The molecule has 20 heavy (non-hydrogen) atoms. The van der Waals surface area contributed by atoms with E-state index >= 15 is 0 Å². The summed E-state index contributed by atoms with van der Waals surface area (Å²) in [4.78, 5) is 0. The highest BCUT2D eigenvalue weighted by atomic mass is 19.3. The first-order valence-corrected chi connectivity index (χ1v) is 6.28. The number of hydrogen-bond acceptors (Lipinski definition) is 4. The van der Waals surface area contributed by atoms with Gasteiger partial charge >= 0.3 is 6.61 Å². The quantitative estimate of drug-likeness (QED) is 0.311. The van der Waals surface area contributed by atoms with Crippen molar-refractivity contribution in [2.45, 2.75) is 25.9 Å². The van der Waals surface area contributed by atoms with Crippen LogP contribution in [-0.2, 0) is 0 Å². The molecule has 0 saturated heterocycles. The highest BCUT2D eigenvalue weighted by molar-refractivity contribution is 5.80. The lowest BCUT2D eigenvalue weighted by molar-refractivity contribution is -0.0498. The number of ether oxygens (including phenoxy) is 1. The van der Waals surface area contributed by atoms with Gasteiger partial charge in [0.1, 0.15) is 11.6 Å². The van der Waals surface area contributed by atoms with Crippen LogP contribution in [0.5, 0.6) is 5.75 Å². The zero-order valence-electron chi connectivity index (χ0n) is 10.9. The van der Waals surface area contributed by atoms with Gasteiger partial charge in [0.25, 0.3) is 0 Å². The summed E-state index contributed by atoms with van der Waals surface area (Å²) in [5.41, 5.74) is 6.37. The minimum absolute atomic E-state index is 0.0362. The third-order valence-electron chi connectivity index (χ3n) is 3.39. The highest BCUT2D eigenvalue weighted by Crippen LogP contribution is 2.48. The molecule has 0 radical (unpaired) electrons. The second-order valence-electron chi connectivity index (χ2n) is 5.02. The maximum absolute atomic E-state index is 12.0. The molecule has 0 amide bonds. The maximum Gasteiger partial charge on any atom is 0.387 e. The summed E-state index contributed by atoms with van der Waals surface area (Å²) in [7, 11) is 0. The van der Waals surface area contributed by atoms with Crippen LogP contribution in [0.2, 0.25) is 0 Å². The van der Waals surface area contributed by atoms with Gasteiger partial charge in [0, 0.05) is 18.7 Å². The molecule has 5 nitrogen and oxygen atoms in total. The Morgan fingerprint density at radius 1 is 1.40 bits per heavy atom. The van der Waals surface area contributed by atoms with E-state index in [2.05, 4.69) is 15.2 Å². The summed E-state index contributed by atoms with van der Waals surface area (Å²) in [6.07, 6.45) is 2.58. The lowest BCUT2D eigenvalue weighted by atomic mass is 10.0. The van der Waals surface area contributed by atoms with Gasteiger partial charge in [-0.15, -0.1) is 0 Å². The SMILES string of the molecule is NC(CC1(CNc2ccc(OC(F)F)cc2)CC1)=NO. The Kier molecular flexibility index (Phi) is 4.26. The molecule has 110 valence electrons. The van der Waals surface area contributed by atoms with Crippen LogP contribution in [-0.4, -0.2) is 24.2 Å². The fourth-order valence-corrected chi connectivity index (χ4v) is 2.06. The van der Waals surface area contributed by atoms with Crippen molar-refractivity contribution in [3.63, 3.8) is 0 Å². The predicted molar refractivity (Wildman–Crippen MR) is 71.3 cm³/mol. The number of nitrogens with zero attached hydrogens (tertiary/aromatic N) is 1. The minimum Gasteiger partial charge on any atom is -0.435 e. The smallest absolute Gasteiger partial charge is 0.387 e. The van der Waals surface area contributed by atoms with Gasteiger partial charge in [-0.1, -0.05) is 5.16 Å². The molecule has 0 heterocycles. The Morgan fingerprint density at radius 3 is 2.55 bits per heavy atom. The number of rotatable bonds is 7. The number of anilines is 1. The van der Waals surface area contributed by atoms with Gasteiger partial charge in [0.05, 0.1) is 0 Å². The summed E-state index contributed by atoms with van der Waals surface area (Å²) in [5.74, 6) is 0.355. The fourth-order valence-electron chi connectivity index (χ4n) is 2.06. The summed E-state index contributed by atoms with van der Waals surface area (Å²) in [6, 6.07) is 6.32. The largest absolute Gasteiger partial charge is 0.435 e. The molecule has 0 atom stereocenters. The molecule has 0 unspecified atom stereocenters. The Balaban J connectivity index is 1.85. The molecule has 0 spiro atoms. The predicted octanol–water partition coefficient (Wildman–Crippen LogP) is 2.62. The second-order valence-corrected chi connectivity index (χ2v) is 5.02. The van der Waals surface area contributed by atoms with Crippen LogP contribution in [0.4, 0.5) is 14.5 Å². The average Bonchev–Trinajstić information content (AvgIpc) is 3.17. The van der Waals surface area contributed by atoms with Crippen molar-refractivity contribution in [1.82, 2.24) is 0 Å². The number of alkyl halides is 2. The van der Waals surface area contributed by atoms with E-state index in [-0.39, 0.29) is 17.0 Å². The van der Waals surface area contributed by atoms with Crippen LogP contribution in [0.15, 0.2) is 29.4 Å². The van der Waals surface area contributed by atoms with Gasteiger partial charge in [-0.25, -0.2) is 0 Å². The summed E-state index contributed by atoms with van der Waals surface area (Å²) in [5, 5.41) is 14.8. The van der Waals surface area contributed by atoms with Crippen molar-refractivity contribution >= 4 is 11.5 Å². The first-order chi connectivity index (χ1) is 9.53. The van der Waals surface area contributed by atoms with Gasteiger partial charge in [-0.3, -0.25) is 0 Å². The molecule has 1 aromatic rings. The van der Waals surface area contributed by atoms with Gasteiger partial charge in [0.2, 0.25) is 0 Å². The van der Waals surface area contributed by atoms with Crippen molar-refractivity contribution in [2.75, 3.05) is 11.9 Å². The number of amidine groups is 1. The standard InChI is InChI=1S/C13H17F2N3O2/c14-12(15)20-10-3-1-9(2-4-10)17-8-13(5-6-13)7-11(16)18-19/h1-4,12,17,19H,5-8H2,(H2,16,18). The topological polar surface area (TPSA) is 79.9 Å². The lowest BCUT2D eigenvalue weighted by Gasteiger charge is -2.16.